The summed E-state index contributed by atoms with van der Waals surface area (Å²) in [5.41, 5.74) is 3.70. The molecule has 1 aliphatic carbocycles. The molecule has 0 N–H and O–H groups in total. The Hall–Kier alpha value is -5.03. The molecule has 0 atom stereocenters. The second-order valence-corrected chi connectivity index (χ2v) is 11.8. The first-order chi connectivity index (χ1) is 22.3. The van der Waals surface area contributed by atoms with Gasteiger partial charge in [-0.25, -0.2) is 23.4 Å². The Bertz CT molecular complexity index is 1790. The van der Waals surface area contributed by atoms with Gasteiger partial charge < -0.3 is 9.64 Å². The standard InChI is InChI=1S/C35H36F2N7O2/c1-25-5-3-7-26(8-4-6-25)23-46-32-21-31(38-24-39-32)44(2)19-17-42(18-20-44)33(45)22-43-35(28-11-15-30(37)16-12-28)40-34(41-43)27-9-13-29(36)14-10-27/h3,5,7-16,21,24H,4,6,17-20,22-23H2,1-2H3/q+1. The first-order valence-electron chi connectivity index (χ1n) is 15.3. The van der Waals surface area contributed by atoms with Crippen LogP contribution in [-0.4, -0.2) is 75.4 Å². The molecule has 2 aromatic heterocycles. The third-order valence-electron chi connectivity index (χ3n) is 8.44. The summed E-state index contributed by atoms with van der Waals surface area (Å²) in [6.45, 7) is 4.87. The van der Waals surface area contributed by atoms with Crippen LogP contribution in [0.1, 0.15) is 19.8 Å². The highest BCUT2D eigenvalue weighted by Gasteiger charge is 2.35. The van der Waals surface area contributed by atoms with Crippen molar-refractivity contribution >= 4 is 11.7 Å². The highest BCUT2D eigenvalue weighted by atomic mass is 19.1. The van der Waals surface area contributed by atoms with Crippen molar-refractivity contribution in [2.75, 3.05) is 39.8 Å². The Morgan fingerprint density at radius 1 is 0.978 bits per heavy atom. The summed E-state index contributed by atoms with van der Waals surface area (Å²) in [7, 11) is 2.10. The second-order valence-electron chi connectivity index (χ2n) is 11.8. The molecule has 2 aliphatic rings. The van der Waals surface area contributed by atoms with E-state index in [1.54, 1.807) is 24.3 Å². The van der Waals surface area contributed by atoms with E-state index >= 15 is 0 Å². The number of benzene rings is 2. The van der Waals surface area contributed by atoms with E-state index in [4.69, 9.17) is 4.74 Å². The number of piperazine rings is 1. The molecule has 0 radical (unpaired) electrons. The zero-order valence-electron chi connectivity index (χ0n) is 25.9. The van der Waals surface area contributed by atoms with E-state index in [9.17, 15) is 13.6 Å². The Kier molecular flexibility index (Phi) is 9.11. The number of amides is 1. The molecule has 1 fully saturated rings. The lowest BCUT2D eigenvalue weighted by Gasteiger charge is -2.40. The SMILES string of the molecule is CC1=CC=CC(COc2cc([N+]3(C)CCN(C(=O)Cn4nc(-c5ccc(F)cc5)nc4-c4ccc(F)cc4)CC3)ncn2)=CCC1. The van der Waals surface area contributed by atoms with Crippen LogP contribution in [-0.2, 0) is 11.3 Å². The summed E-state index contributed by atoms with van der Waals surface area (Å²) in [4.78, 5) is 28.9. The van der Waals surface area contributed by atoms with Gasteiger partial charge in [-0.3, -0.25) is 9.28 Å². The Balaban J connectivity index is 1.12. The molecule has 0 spiro atoms. The molecule has 1 amide bonds. The molecule has 4 aromatic rings. The van der Waals surface area contributed by atoms with Gasteiger partial charge in [0.1, 0.15) is 44.2 Å². The number of carbonyl (C=O) groups is 1. The number of aromatic nitrogens is 5. The van der Waals surface area contributed by atoms with Gasteiger partial charge in [0.25, 0.3) is 0 Å². The third kappa shape index (κ3) is 7.26. The predicted octanol–water partition coefficient (Wildman–Crippen LogP) is 5.76. The molecule has 0 bridgehead atoms. The number of rotatable bonds is 8. The minimum atomic E-state index is -0.376. The zero-order valence-corrected chi connectivity index (χ0v) is 25.9. The van der Waals surface area contributed by atoms with Crippen molar-refractivity contribution in [3.63, 3.8) is 0 Å². The van der Waals surface area contributed by atoms with Gasteiger partial charge in [0, 0.05) is 11.1 Å². The fourth-order valence-electron chi connectivity index (χ4n) is 5.54. The van der Waals surface area contributed by atoms with Crippen LogP contribution in [0.3, 0.4) is 0 Å². The molecule has 6 rings (SSSR count). The number of halogens is 2. The van der Waals surface area contributed by atoms with Crippen LogP contribution in [0.15, 0.2) is 96.4 Å². The van der Waals surface area contributed by atoms with Crippen LogP contribution in [0.2, 0.25) is 0 Å². The minimum Gasteiger partial charge on any atom is -0.473 e. The summed E-state index contributed by atoms with van der Waals surface area (Å²) in [6, 6.07) is 13.6. The van der Waals surface area contributed by atoms with Gasteiger partial charge >= 0.3 is 0 Å². The van der Waals surface area contributed by atoms with Crippen LogP contribution >= 0.6 is 0 Å². The Morgan fingerprint density at radius 3 is 2.39 bits per heavy atom. The molecule has 11 heteroatoms. The van der Waals surface area contributed by atoms with Crippen LogP contribution < -0.4 is 9.22 Å². The fourth-order valence-corrected chi connectivity index (χ4v) is 5.54. The lowest BCUT2D eigenvalue weighted by Crippen LogP contribution is -2.60. The fraction of sp³-hybridized carbons (Fsp3) is 0.286. The topological polar surface area (TPSA) is 86.0 Å². The van der Waals surface area contributed by atoms with Crippen molar-refractivity contribution in [3.05, 3.63) is 108 Å². The number of likely N-dealkylation sites (N-methyl/N-ethyl adjacent to an activating group) is 1. The Morgan fingerprint density at radius 2 is 1.67 bits per heavy atom. The van der Waals surface area contributed by atoms with E-state index in [1.807, 2.05) is 11.0 Å². The monoisotopic (exact) mass is 624 g/mol. The molecule has 0 saturated carbocycles. The molecule has 1 aliphatic heterocycles. The van der Waals surface area contributed by atoms with Crippen LogP contribution in [0.25, 0.3) is 22.8 Å². The van der Waals surface area contributed by atoms with Crippen LogP contribution in [0.4, 0.5) is 14.6 Å². The number of hydrogen-bond donors (Lipinski definition) is 0. The van der Waals surface area contributed by atoms with E-state index in [1.165, 1.54) is 40.8 Å². The van der Waals surface area contributed by atoms with Gasteiger partial charge in [-0.1, -0.05) is 29.9 Å². The van der Waals surface area contributed by atoms with Crippen molar-refractivity contribution in [2.45, 2.75) is 26.3 Å². The van der Waals surface area contributed by atoms with E-state index in [0.29, 0.717) is 65.9 Å². The van der Waals surface area contributed by atoms with Crippen LogP contribution in [0.5, 0.6) is 5.88 Å². The molecule has 0 unspecified atom stereocenters. The van der Waals surface area contributed by atoms with E-state index in [2.05, 4.69) is 58.3 Å². The molecule has 2 aromatic carbocycles. The lowest BCUT2D eigenvalue weighted by atomic mass is 10.1. The van der Waals surface area contributed by atoms with Gasteiger partial charge in [0.05, 0.1) is 26.2 Å². The van der Waals surface area contributed by atoms with E-state index in [-0.39, 0.29) is 24.1 Å². The lowest BCUT2D eigenvalue weighted by molar-refractivity contribution is -0.133. The second kappa shape index (κ2) is 13.5. The molecule has 236 valence electrons. The molecule has 1 saturated heterocycles. The molecular formula is C35H36F2N7O2+. The smallest absolute Gasteiger partial charge is 0.244 e. The van der Waals surface area contributed by atoms with Gasteiger partial charge in [-0.15, -0.1) is 5.10 Å². The summed E-state index contributed by atoms with van der Waals surface area (Å²) < 4.78 is 35.3. The average molecular weight is 625 g/mol. The number of carbonyl (C=O) groups excluding carboxylic acids is 1. The highest BCUT2D eigenvalue weighted by Crippen LogP contribution is 2.26. The highest BCUT2D eigenvalue weighted by molar-refractivity contribution is 5.77. The van der Waals surface area contributed by atoms with Crippen molar-refractivity contribution in [3.8, 4) is 28.7 Å². The maximum atomic E-state index is 13.7. The molecule has 46 heavy (non-hydrogen) atoms. The first-order valence-corrected chi connectivity index (χ1v) is 15.3. The number of ether oxygens (including phenoxy) is 1. The summed E-state index contributed by atoms with van der Waals surface area (Å²) in [5.74, 6) is 1.27. The van der Waals surface area contributed by atoms with Crippen molar-refractivity contribution in [1.82, 2.24) is 34.1 Å². The minimum absolute atomic E-state index is 0.0459. The molecule has 9 nitrogen and oxygen atoms in total. The van der Waals surface area contributed by atoms with Gasteiger partial charge in [-0.2, -0.15) is 4.98 Å². The van der Waals surface area contributed by atoms with Crippen molar-refractivity contribution in [2.24, 2.45) is 0 Å². The quantitative estimate of drug-likeness (QED) is 0.232. The largest absolute Gasteiger partial charge is 0.473 e. The average Bonchev–Trinajstić information content (AvgIpc) is 3.46. The first kappa shape index (κ1) is 31.0. The number of quaternary nitrogens is 1. The van der Waals surface area contributed by atoms with Crippen molar-refractivity contribution in [1.29, 1.82) is 0 Å². The van der Waals surface area contributed by atoms with E-state index < -0.39 is 0 Å². The maximum absolute atomic E-state index is 13.7. The predicted molar refractivity (Wildman–Crippen MR) is 173 cm³/mol. The maximum Gasteiger partial charge on any atom is 0.244 e. The number of nitrogens with zero attached hydrogens (tertiary/aromatic N) is 7. The summed E-state index contributed by atoms with van der Waals surface area (Å²) in [6.07, 6.45) is 12.0. The third-order valence-corrected chi connectivity index (χ3v) is 8.44. The van der Waals surface area contributed by atoms with E-state index in [0.717, 1.165) is 24.2 Å². The number of hydrogen-bond acceptors (Lipinski definition) is 6. The van der Waals surface area contributed by atoms with Crippen molar-refractivity contribution < 1.29 is 18.3 Å². The van der Waals surface area contributed by atoms with Crippen LogP contribution in [0, 0.1) is 11.6 Å². The van der Waals surface area contributed by atoms with Gasteiger partial charge in [0.15, 0.2) is 11.6 Å². The molecular weight excluding hydrogens is 588 g/mol. The Labute approximate surface area is 266 Å². The normalized spacial score (nSPS) is 16.3. The molecule has 3 heterocycles. The zero-order chi connectivity index (χ0) is 32.1. The summed E-state index contributed by atoms with van der Waals surface area (Å²) in [5, 5.41) is 4.59. The van der Waals surface area contributed by atoms with Gasteiger partial charge in [-0.05, 0) is 73.9 Å². The number of allylic oxidation sites excluding steroid dienone is 4. The summed E-state index contributed by atoms with van der Waals surface area (Å²) >= 11 is 0. The van der Waals surface area contributed by atoms with Gasteiger partial charge in [0.2, 0.25) is 17.6 Å².